The fraction of sp³-hybridized carbons (Fsp3) is 0.250. The molecule has 1 atom stereocenters. The van der Waals surface area contributed by atoms with Gasteiger partial charge in [0, 0.05) is 60.4 Å². The Balaban J connectivity index is 1.39. The maximum atomic E-state index is 12.7. The van der Waals surface area contributed by atoms with E-state index in [9.17, 15) is 9.59 Å². The standard InChI is InChI=1S/C28H24ClN5O2/c1-2-5-26(36)33-13-11-19(17-33)18-34-28-23(15-30-16-24(28)29)27(32-34)21-9-7-20(8-10-21)25(35)14-22-6-3-4-12-31-22/h3-4,6-10,12,15-16,19H,11,13-14,17-18H2,1H3/t19-/m1/s1. The highest BCUT2D eigenvalue weighted by molar-refractivity contribution is 6.35. The SMILES string of the molecule is CC#CC(=O)N1CC[C@@H](Cn2nc(-c3ccc(C(=O)Cc4ccccn4)cc3)c3cncc(Cl)c32)C1. The van der Waals surface area contributed by atoms with Crippen LogP contribution in [0.15, 0.2) is 61.1 Å². The lowest BCUT2D eigenvalue weighted by Gasteiger charge is -2.14. The maximum absolute atomic E-state index is 12.7. The summed E-state index contributed by atoms with van der Waals surface area (Å²) in [4.78, 5) is 35.2. The van der Waals surface area contributed by atoms with Gasteiger partial charge in [0.05, 0.1) is 17.0 Å². The second kappa shape index (κ2) is 10.3. The molecule has 3 aromatic heterocycles. The molecule has 1 saturated heterocycles. The molecule has 0 saturated carbocycles. The Morgan fingerprint density at radius 1 is 1.14 bits per heavy atom. The summed E-state index contributed by atoms with van der Waals surface area (Å²) >= 11 is 6.56. The van der Waals surface area contributed by atoms with Crippen molar-refractivity contribution in [1.82, 2.24) is 24.6 Å². The van der Waals surface area contributed by atoms with Crippen molar-refractivity contribution >= 4 is 34.2 Å². The highest BCUT2D eigenvalue weighted by Crippen LogP contribution is 2.33. The van der Waals surface area contributed by atoms with Crippen LogP contribution in [0.3, 0.4) is 0 Å². The molecule has 1 aliphatic heterocycles. The first-order chi connectivity index (χ1) is 17.5. The monoisotopic (exact) mass is 497 g/mol. The molecule has 8 heteroatoms. The Hall–Kier alpha value is -4.02. The zero-order chi connectivity index (χ0) is 25.1. The molecular weight excluding hydrogens is 474 g/mol. The van der Waals surface area contributed by atoms with Gasteiger partial charge in [-0.25, -0.2) is 0 Å². The van der Waals surface area contributed by atoms with Crippen LogP contribution in [-0.4, -0.2) is 49.4 Å². The first kappa shape index (κ1) is 23.7. The van der Waals surface area contributed by atoms with Crippen molar-refractivity contribution in [1.29, 1.82) is 0 Å². The average molecular weight is 498 g/mol. The lowest BCUT2D eigenvalue weighted by atomic mass is 10.0. The third-order valence-electron chi connectivity index (χ3n) is 6.39. The number of carbonyl (C=O) groups is 2. The Morgan fingerprint density at radius 3 is 2.72 bits per heavy atom. The van der Waals surface area contributed by atoms with Gasteiger partial charge in [-0.1, -0.05) is 47.9 Å². The molecule has 0 unspecified atom stereocenters. The number of hydrogen-bond donors (Lipinski definition) is 0. The van der Waals surface area contributed by atoms with Gasteiger partial charge in [0.1, 0.15) is 5.69 Å². The highest BCUT2D eigenvalue weighted by Gasteiger charge is 2.27. The predicted molar refractivity (Wildman–Crippen MR) is 138 cm³/mol. The smallest absolute Gasteiger partial charge is 0.298 e. The molecule has 4 aromatic rings. The Morgan fingerprint density at radius 2 is 1.97 bits per heavy atom. The highest BCUT2D eigenvalue weighted by atomic mass is 35.5. The molecule has 1 amide bonds. The van der Waals surface area contributed by atoms with Crippen molar-refractivity contribution in [3.8, 4) is 23.1 Å². The van der Waals surface area contributed by atoms with E-state index < -0.39 is 0 Å². The number of nitrogens with zero attached hydrogens (tertiary/aromatic N) is 5. The van der Waals surface area contributed by atoms with Gasteiger partial charge < -0.3 is 4.90 Å². The normalized spacial score (nSPS) is 15.1. The van der Waals surface area contributed by atoms with Gasteiger partial charge >= 0.3 is 0 Å². The summed E-state index contributed by atoms with van der Waals surface area (Å²) in [5, 5.41) is 6.27. The third-order valence-corrected chi connectivity index (χ3v) is 6.67. The van der Waals surface area contributed by atoms with Gasteiger partial charge in [-0.3, -0.25) is 24.2 Å². The first-order valence-electron chi connectivity index (χ1n) is 11.8. The van der Waals surface area contributed by atoms with Crippen molar-refractivity contribution in [2.75, 3.05) is 13.1 Å². The van der Waals surface area contributed by atoms with Crippen LogP contribution in [0.1, 0.15) is 29.4 Å². The molecule has 0 bridgehead atoms. The number of aromatic nitrogens is 4. The van der Waals surface area contributed by atoms with E-state index in [1.807, 2.05) is 47.1 Å². The van der Waals surface area contributed by atoms with Crippen molar-refractivity contribution in [3.05, 3.63) is 77.3 Å². The molecule has 1 fully saturated rings. The average Bonchev–Trinajstić information content (AvgIpc) is 3.51. The van der Waals surface area contributed by atoms with Crippen molar-refractivity contribution in [3.63, 3.8) is 0 Å². The summed E-state index contributed by atoms with van der Waals surface area (Å²) < 4.78 is 1.92. The van der Waals surface area contributed by atoms with Gasteiger partial charge in [-0.05, 0) is 37.3 Å². The van der Waals surface area contributed by atoms with Crippen LogP contribution in [-0.2, 0) is 17.8 Å². The Kier molecular flexibility index (Phi) is 6.79. The van der Waals surface area contributed by atoms with Crippen LogP contribution in [0.2, 0.25) is 5.02 Å². The lowest BCUT2D eigenvalue weighted by molar-refractivity contribution is -0.124. The van der Waals surface area contributed by atoms with Gasteiger partial charge in [-0.2, -0.15) is 5.10 Å². The van der Waals surface area contributed by atoms with E-state index in [2.05, 4.69) is 21.8 Å². The summed E-state index contributed by atoms with van der Waals surface area (Å²) in [5.74, 6) is 5.42. The topological polar surface area (TPSA) is 81.0 Å². The minimum atomic E-state index is -0.133. The summed E-state index contributed by atoms with van der Waals surface area (Å²) in [6.45, 7) is 3.62. The molecule has 7 nitrogen and oxygen atoms in total. The summed E-state index contributed by atoms with van der Waals surface area (Å²) in [5.41, 5.74) is 3.81. The minimum Gasteiger partial charge on any atom is -0.332 e. The summed E-state index contributed by atoms with van der Waals surface area (Å²) in [6.07, 6.45) is 6.20. The van der Waals surface area contributed by atoms with Crippen molar-refractivity contribution < 1.29 is 9.59 Å². The van der Waals surface area contributed by atoms with Crippen LogP contribution in [0, 0.1) is 17.8 Å². The zero-order valence-corrected chi connectivity index (χ0v) is 20.6. The quantitative estimate of drug-likeness (QED) is 0.290. The van der Waals surface area contributed by atoms with E-state index in [4.69, 9.17) is 16.7 Å². The zero-order valence-electron chi connectivity index (χ0n) is 19.8. The number of fused-ring (bicyclic) bond motifs is 1. The van der Waals surface area contributed by atoms with Crippen molar-refractivity contribution in [2.24, 2.45) is 5.92 Å². The first-order valence-corrected chi connectivity index (χ1v) is 12.2. The van der Waals surface area contributed by atoms with E-state index in [1.165, 1.54) is 0 Å². The number of hydrogen-bond acceptors (Lipinski definition) is 5. The van der Waals surface area contributed by atoms with Gasteiger partial charge in [0.25, 0.3) is 5.91 Å². The molecule has 0 spiro atoms. The van der Waals surface area contributed by atoms with Crippen LogP contribution < -0.4 is 0 Å². The Bertz CT molecular complexity index is 1490. The Labute approximate surface area is 214 Å². The summed E-state index contributed by atoms with van der Waals surface area (Å²) in [6, 6.07) is 13.0. The van der Waals surface area contributed by atoms with E-state index in [0.29, 0.717) is 30.2 Å². The molecule has 0 N–H and O–H groups in total. The van der Waals surface area contributed by atoms with Gasteiger partial charge in [0.15, 0.2) is 5.78 Å². The molecular formula is C28H24ClN5O2. The van der Waals surface area contributed by atoms with Gasteiger partial charge in [-0.15, -0.1) is 0 Å². The third kappa shape index (κ3) is 4.86. The van der Waals surface area contributed by atoms with E-state index in [0.717, 1.165) is 34.3 Å². The number of Topliss-reactive ketones (excluding diaryl/α,β-unsaturated/α-hetero) is 1. The number of pyridine rings is 2. The fourth-order valence-corrected chi connectivity index (χ4v) is 4.87. The molecule has 5 rings (SSSR count). The lowest BCUT2D eigenvalue weighted by Crippen LogP contribution is -2.28. The number of rotatable bonds is 6. The van der Waals surface area contributed by atoms with Crippen LogP contribution >= 0.6 is 11.6 Å². The molecule has 0 aliphatic carbocycles. The predicted octanol–water partition coefficient (Wildman–Crippen LogP) is 4.44. The number of benzene rings is 1. The summed E-state index contributed by atoms with van der Waals surface area (Å²) in [7, 11) is 0. The minimum absolute atomic E-state index is 0.00782. The number of ketones is 1. The largest absolute Gasteiger partial charge is 0.332 e. The number of likely N-dealkylation sites (tertiary alicyclic amines) is 1. The molecule has 1 aliphatic rings. The number of halogens is 1. The van der Waals surface area contributed by atoms with Gasteiger partial charge in [0.2, 0.25) is 0 Å². The number of amides is 1. The van der Waals surface area contributed by atoms with Crippen LogP contribution in [0.5, 0.6) is 0 Å². The maximum Gasteiger partial charge on any atom is 0.298 e. The molecule has 36 heavy (non-hydrogen) atoms. The van der Waals surface area contributed by atoms with E-state index in [1.54, 1.807) is 30.4 Å². The second-order valence-electron chi connectivity index (χ2n) is 8.83. The second-order valence-corrected chi connectivity index (χ2v) is 9.23. The van der Waals surface area contributed by atoms with Crippen LogP contribution in [0.25, 0.3) is 22.2 Å². The van der Waals surface area contributed by atoms with Crippen LogP contribution in [0.4, 0.5) is 0 Å². The molecule has 1 aromatic carbocycles. The molecule has 4 heterocycles. The van der Waals surface area contributed by atoms with E-state index in [-0.39, 0.29) is 24.0 Å². The molecule has 0 radical (unpaired) electrons. The molecule has 180 valence electrons. The number of carbonyl (C=O) groups excluding carboxylic acids is 2. The van der Waals surface area contributed by atoms with E-state index >= 15 is 0 Å². The fourth-order valence-electron chi connectivity index (χ4n) is 4.61. The van der Waals surface area contributed by atoms with Crippen molar-refractivity contribution in [2.45, 2.75) is 26.3 Å².